The summed E-state index contributed by atoms with van der Waals surface area (Å²) in [5.74, 6) is 7.55. The van der Waals surface area contributed by atoms with Crippen LogP contribution in [0.4, 0.5) is 8.78 Å². The number of ether oxygens (including phenoxy) is 1. The van der Waals surface area contributed by atoms with Crippen molar-refractivity contribution < 1.29 is 18.3 Å². The predicted molar refractivity (Wildman–Crippen MR) is 118 cm³/mol. The van der Waals surface area contributed by atoms with Gasteiger partial charge in [0.1, 0.15) is 11.6 Å². The highest BCUT2D eigenvalue weighted by Gasteiger charge is 2.45. The second kappa shape index (κ2) is 7.56. The zero-order valence-electron chi connectivity index (χ0n) is 18.0. The van der Waals surface area contributed by atoms with Crippen molar-refractivity contribution in [2.75, 3.05) is 20.1 Å². The second-order valence-corrected chi connectivity index (χ2v) is 8.78. The van der Waals surface area contributed by atoms with Crippen LogP contribution in [0.25, 0.3) is 11.0 Å². The third kappa shape index (κ3) is 3.18. The topological polar surface area (TPSA) is 59.4 Å². The van der Waals surface area contributed by atoms with Gasteiger partial charge in [-0.05, 0) is 43.3 Å². The Morgan fingerprint density at radius 3 is 2.91 bits per heavy atom. The number of nitrogens with one attached hydrogen (secondary N) is 1. The number of carbonyl (C=O) groups excluding carboxylic acids is 1. The molecule has 1 N–H and O–H groups in total. The van der Waals surface area contributed by atoms with Gasteiger partial charge in [-0.3, -0.25) is 4.79 Å². The quantitative estimate of drug-likeness (QED) is 0.608. The van der Waals surface area contributed by atoms with E-state index in [2.05, 4.69) is 21.7 Å². The molecule has 1 aromatic heterocycles. The molecule has 3 aliphatic heterocycles. The van der Waals surface area contributed by atoms with E-state index in [1.54, 1.807) is 24.1 Å². The van der Waals surface area contributed by atoms with Gasteiger partial charge in [0.05, 0.1) is 23.1 Å². The van der Waals surface area contributed by atoms with Crippen molar-refractivity contribution >= 4 is 16.9 Å². The summed E-state index contributed by atoms with van der Waals surface area (Å²) in [6.45, 7) is -1.08. The fourth-order valence-electron chi connectivity index (χ4n) is 5.32. The molecule has 1 fully saturated rings. The molecule has 3 aliphatic rings. The van der Waals surface area contributed by atoms with Gasteiger partial charge >= 0.3 is 6.61 Å². The Balaban J connectivity index is 1.52. The maximum Gasteiger partial charge on any atom is 0.387 e. The fourth-order valence-corrected chi connectivity index (χ4v) is 5.32. The van der Waals surface area contributed by atoms with E-state index >= 15 is 0 Å². The molecule has 33 heavy (non-hydrogen) atoms. The molecular formula is C25H22F2N4O2. The Morgan fingerprint density at radius 1 is 1.24 bits per heavy atom. The van der Waals surface area contributed by atoms with Crippen LogP contribution in [0.1, 0.15) is 52.2 Å². The number of aromatic nitrogens is 2. The first kappa shape index (κ1) is 20.2. The van der Waals surface area contributed by atoms with E-state index in [-0.39, 0.29) is 23.7 Å². The summed E-state index contributed by atoms with van der Waals surface area (Å²) in [5.41, 5.74) is 3.45. The van der Waals surface area contributed by atoms with E-state index < -0.39 is 6.61 Å². The van der Waals surface area contributed by atoms with Crippen LogP contribution < -0.4 is 10.1 Å². The number of amides is 1. The van der Waals surface area contributed by atoms with Crippen molar-refractivity contribution in [2.24, 2.45) is 5.92 Å². The standard InChI is InChI=1S/C25H22F2N4O2/c1-30-20-12-19(22-16(24(30)32)3-2-4-21(22)33-25(26)27)31-18-11-14(5-6-15-9-10-28-13-15)7-8-17(18)29-23(20)31/h2-4,7-8,11,15,19-20,25,28H,9-10,12-13H2,1H3/t15?,19?,20-/m1/s1. The average Bonchev–Trinajstić information content (AvgIpc) is 3.51. The largest absolute Gasteiger partial charge is 0.434 e. The first-order valence-corrected chi connectivity index (χ1v) is 11.1. The maximum absolute atomic E-state index is 13.2. The Morgan fingerprint density at radius 2 is 2.12 bits per heavy atom. The minimum Gasteiger partial charge on any atom is -0.434 e. The van der Waals surface area contributed by atoms with Crippen molar-refractivity contribution in [3.8, 4) is 17.6 Å². The molecule has 8 heteroatoms. The Kier molecular flexibility index (Phi) is 4.63. The Labute approximate surface area is 189 Å². The van der Waals surface area contributed by atoms with E-state index in [1.165, 1.54) is 6.07 Å². The van der Waals surface area contributed by atoms with Crippen molar-refractivity contribution in [1.82, 2.24) is 19.8 Å². The lowest BCUT2D eigenvalue weighted by molar-refractivity contribution is -0.0507. The molecule has 0 spiro atoms. The number of rotatable bonds is 2. The molecule has 2 aromatic carbocycles. The number of carbonyl (C=O) groups is 1. The Hall–Kier alpha value is -3.44. The van der Waals surface area contributed by atoms with Gasteiger partial charge in [-0.2, -0.15) is 8.78 Å². The lowest BCUT2D eigenvalue weighted by Gasteiger charge is -2.24. The number of hydrogen-bond acceptors (Lipinski definition) is 4. The molecule has 1 amide bonds. The number of imidazole rings is 1. The molecule has 2 bridgehead atoms. The first-order chi connectivity index (χ1) is 16.0. The summed E-state index contributed by atoms with van der Waals surface area (Å²) in [5, 5.41) is 3.32. The lowest BCUT2D eigenvalue weighted by Crippen LogP contribution is -2.30. The summed E-state index contributed by atoms with van der Waals surface area (Å²) < 4.78 is 33.3. The highest BCUT2D eigenvalue weighted by molar-refractivity contribution is 5.97. The summed E-state index contributed by atoms with van der Waals surface area (Å²) in [4.78, 5) is 19.7. The second-order valence-electron chi connectivity index (χ2n) is 8.78. The normalized spacial score (nSPS) is 23.3. The van der Waals surface area contributed by atoms with Crippen LogP contribution in [-0.2, 0) is 0 Å². The highest BCUT2D eigenvalue weighted by atomic mass is 19.3. The zero-order valence-corrected chi connectivity index (χ0v) is 18.0. The summed E-state index contributed by atoms with van der Waals surface area (Å²) in [7, 11) is 1.74. The molecule has 168 valence electrons. The minimum atomic E-state index is -2.98. The molecule has 2 unspecified atom stereocenters. The Bertz CT molecular complexity index is 1330. The fraction of sp³-hybridized carbons (Fsp3) is 0.360. The molecular weight excluding hydrogens is 426 g/mol. The molecule has 0 radical (unpaired) electrons. The first-order valence-electron chi connectivity index (χ1n) is 11.1. The number of nitrogens with zero attached hydrogens (tertiary/aromatic N) is 3. The average molecular weight is 448 g/mol. The lowest BCUT2D eigenvalue weighted by atomic mass is 9.97. The summed E-state index contributed by atoms with van der Waals surface area (Å²) >= 11 is 0. The maximum atomic E-state index is 13.2. The van der Waals surface area contributed by atoms with E-state index in [9.17, 15) is 13.6 Å². The van der Waals surface area contributed by atoms with E-state index in [0.717, 1.165) is 41.9 Å². The monoisotopic (exact) mass is 448 g/mol. The van der Waals surface area contributed by atoms with Crippen LogP contribution in [0.3, 0.4) is 0 Å². The number of fused-ring (bicyclic) bond motifs is 9. The molecule has 0 saturated carbocycles. The third-order valence-electron chi connectivity index (χ3n) is 6.89. The molecule has 6 rings (SSSR count). The number of benzene rings is 2. The third-order valence-corrected chi connectivity index (χ3v) is 6.89. The van der Waals surface area contributed by atoms with Crippen LogP contribution >= 0.6 is 0 Å². The molecule has 1 saturated heterocycles. The molecule has 3 atom stereocenters. The highest BCUT2D eigenvalue weighted by Crippen LogP contribution is 2.49. The molecule has 3 aromatic rings. The van der Waals surface area contributed by atoms with Gasteiger partial charge in [-0.1, -0.05) is 17.9 Å². The number of halogens is 2. The van der Waals surface area contributed by atoms with E-state index in [0.29, 0.717) is 23.5 Å². The van der Waals surface area contributed by atoms with Gasteiger partial charge in [0, 0.05) is 42.6 Å². The van der Waals surface area contributed by atoms with Crippen LogP contribution in [0.5, 0.6) is 5.75 Å². The minimum absolute atomic E-state index is 0.0364. The van der Waals surface area contributed by atoms with Gasteiger partial charge in [0.25, 0.3) is 5.91 Å². The van der Waals surface area contributed by atoms with Crippen LogP contribution in [0.15, 0.2) is 36.4 Å². The number of hydrogen-bond donors (Lipinski definition) is 1. The smallest absolute Gasteiger partial charge is 0.387 e. The van der Waals surface area contributed by atoms with Crippen LogP contribution in [0, 0.1) is 17.8 Å². The van der Waals surface area contributed by atoms with Crippen LogP contribution in [-0.4, -0.2) is 47.1 Å². The van der Waals surface area contributed by atoms with Crippen LogP contribution in [0.2, 0.25) is 0 Å². The van der Waals surface area contributed by atoms with Gasteiger partial charge in [0.2, 0.25) is 0 Å². The molecule has 4 heterocycles. The summed E-state index contributed by atoms with van der Waals surface area (Å²) in [6, 6.07) is 10.1. The van der Waals surface area contributed by atoms with Crippen molar-refractivity contribution in [2.45, 2.75) is 31.5 Å². The van der Waals surface area contributed by atoms with E-state index in [1.807, 2.05) is 18.2 Å². The summed E-state index contributed by atoms with van der Waals surface area (Å²) in [6.07, 6.45) is 1.60. The predicted octanol–water partition coefficient (Wildman–Crippen LogP) is 3.72. The van der Waals surface area contributed by atoms with Gasteiger partial charge in [-0.25, -0.2) is 4.98 Å². The molecule has 0 aliphatic carbocycles. The van der Waals surface area contributed by atoms with E-state index in [4.69, 9.17) is 9.72 Å². The number of alkyl halides is 2. The zero-order chi connectivity index (χ0) is 22.7. The van der Waals surface area contributed by atoms with Gasteiger partial charge < -0.3 is 19.5 Å². The van der Waals surface area contributed by atoms with Crippen molar-refractivity contribution in [3.63, 3.8) is 0 Å². The van der Waals surface area contributed by atoms with Gasteiger partial charge in [-0.15, -0.1) is 0 Å². The SMILES string of the molecule is CN1C(=O)c2cccc(OC(F)F)c2C2C[C@@H]1c1nc3ccc(C#CC4CCNC4)cc3n12. The van der Waals surface area contributed by atoms with Gasteiger partial charge in [0.15, 0.2) is 0 Å². The van der Waals surface area contributed by atoms with Crippen molar-refractivity contribution in [1.29, 1.82) is 0 Å². The molecule has 6 nitrogen and oxygen atoms in total. The van der Waals surface area contributed by atoms with Crippen molar-refractivity contribution in [3.05, 3.63) is 58.9 Å².